The molecule has 0 atom stereocenters. The van der Waals surface area contributed by atoms with Gasteiger partial charge in [0.2, 0.25) is 10.0 Å². The number of nitrogens with two attached hydrogens (primary N) is 1. The molecule has 0 heterocycles. The van der Waals surface area contributed by atoms with Crippen molar-refractivity contribution in [1.82, 2.24) is 5.32 Å². The van der Waals surface area contributed by atoms with Crippen LogP contribution in [0.1, 0.15) is 10.4 Å². The quantitative estimate of drug-likeness (QED) is 0.688. The number of methoxy groups -OCH3 is 1. The van der Waals surface area contributed by atoms with Gasteiger partial charge in [-0.3, -0.25) is 4.79 Å². The molecule has 0 bridgehead atoms. The molecular weight excluding hydrogens is 357 g/mol. The first kappa shape index (κ1) is 19.7. The standard InChI is InChI=1S/C12H13F3N2O6S/c1-22-8-3-2-7(4-9(8)24(16,20)21)11(19)23-5-10(18)17-6-12(13,14)15/h2-4H,5-6H2,1H3,(H,17,18)(H2,16,20,21). The molecule has 0 aliphatic rings. The van der Waals surface area contributed by atoms with E-state index >= 15 is 0 Å². The molecule has 0 unspecified atom stereocenters. The van der Waals surface area contributed by atoms with Gasteiger partial charge in [0, 0.05) is 0 Å². The van der Waals surface area contributed by atoms with Crippen molar-refractivity contribution >= 4 is 21.9 Å². The van der Waals surface area contributed by atoms with Gasteiger partial charge in [-0.1, -0.05) is 0 Å². The molecule has 1 rings (SSSR count). The van der Waals surface area contributed by atoms with Crippen LogP contribution in [0.5, 0.6) is 5.75 Å². The number of carbonyl (C=O) groups is 2. The van der Waals surface area contributed by atoms with Gasteiger partial charge in [-0.15, -0.1) is 0 Å². The van der Waals surface area contributed by atoms with E-state index in [0.717, 1.165) is 18.2 Å². The van der Waals surface area contributed by atoms with E-state index in [2.05, 4.69) is 4.74 Å². The van der Waals surface area contributed by atoms with Crippen molar-refractivity contribution in [2.45, 2.75) is 11.1 Å². The maximum Gasteiger partial charge on any atom is 0.405 e. The van der Waals surface area contributed by atoms with Gasteiger partial charge in [-0.05, 0) is 18.2 Å². The Morgan fingerprint density at radius 2 is 1.92 bits per heavy atom. The molecular formula is C12H13F3N2O6S. The van der Waals surface area contributed by atoms with Crippen LogP contribution in [0.25, 0.3) is 0 Å². The lowest BCUT2D eigenvalue weighted by Gasteiger charge is -2.10. The van der Waals surface area contributed by atoms with E-state index in [0.29, 0.717) is 0 Å². The maximum absolute atomic E-state index is 11.9. The van der Waals surface area contributed by atoms with E-state index in [4.69, 9.17) is 9.88 Å². The molecule has 0 radical (unpaired) electrons. The lowest BCUT2D eigenvalue weighted by Crippen LogP contribution is -2.36. The Morgan fingerprint density at radius 3 is 2.42 bits per heavy atom. The summed E-state index contributed by atoms with van der Waals surface area (Å²) in [7, 11) is -3.01. The highest BCUT2D eigenvalue weighted by Gasteiger charge is 2.28. The number of ether oxygens (including phenoxy) is 2. The molecule has 1 aromatic carbocycles. The Balaban J connectivity index is 2.77. The van der Waals surface area contributed by atoms with Crippen LogP contribution in [0.3, 0.4) is 0 Å². The molecule has 12 heteroatoms. The van der Waals surface area contributed by atoms with Gasteiger partial charge in [0.05, 0.1) is 12.7 Å². The predicted octanol–water partition coefficient (Wildman–Crippen LogP) is 0.178. The summed E-state index contributed by atoms with van der Waals surface area (Å²) in [5.41, 5.74) is -0.275. The topological polar surface area (TPSA) is 125 Å². The SMILES string of the molecule is COc1ccc(C(=O)OCC(=O)NCC(F)(F)F)cc1S(N)(=O)=O. The van der Waals surface area contributed by atoms with E-state index in [-0.39, 0.29) is 11.3 Å². The van der Waals surface area contributed by atoms with Gasteiger partial charge in [0.15, 0.2) is 6.61 Å². The van der Waals surface area contributed by atoms with Crippen LogP contribution in [0.2, 0.25) is 0 Å². The Hall–Kier alpha value is -2.34. The van der Waals surface area contributed by atoms with Crippen molar-refractivity contribution in [1.29, 1.82) is 0 Å². The second-order valence-corrected chi connectivity index (χ2v) is 5.91. The number of esters is 1. The van der Waals surface area contributed by atoms with E-state index in [9.17, 15) is 31.2 Å². The molecule has 0 saturated heterocycles. The van der Waals surface area contributed by atoms with Gasteiger partial charge in [-0.2, -0.15) is 13.2 Å². The third-order valence-corrected chi connectivity index (χ3v) is 3.46. The fourth-order valence-corrected chi connectivity index (χ4v) is 2.21. The maximum atomic E-state index is 11.9. The summed E-state index contributed by atoms with van der Waals surface area (Å²) in [5, 5.41) is 6.48. The summed E-state index contributed by atoms with van der Waals surface area (Å²) in [4.78, 5) is 22.4. The molecule has 0 aromatic heterocycles. The molecule has 0 fully saturated rings. The van der Waals surface area contributed by atoms with Crippen LogP contribution < -0.4 is 15.2 Å². The molecule has 0 spiro atoms. The smallest absolute Gasteiger partial charge is 0.405 e. The van der Waals surface area contributed by atoms with Crippen molar-refractivity contribution in [3.05, 3.63) is 23.8 Å². The zero-order valence-corrected chi connectivity index (χ0v) is 13.0. The molecule has 1 amide bonds. The van der Waals surface area contributed by atoms with Crippen LogP contribution in [-0.4, -0.2) is 46.7 Å². The second-order valence-electron chi connectivity index (χ2n) is 4.38. The average molecular weight is 370 g/mol. The van der Waals surface area contributed by atoms with Gasteiger partial charge < -0.3 is 14.8 Å². The highest BCUT2D eigenvalue weighted by molar-refractivity contribution is 7.89. The lowest BCUT2D eigenvalue weighted by atomic mass is 10.2. The number of rotatable bonds is 6. The molecule has 134 valence electrons. The van der Waals surface area contributed by atoms with E-state index in [1.165, 1.54) is 12.4 Å². The van der Waals surface area contributed by atoms with Crippen LogP contribution in [0.4, 0.5) is 13.2 Å². The van der Waals surface area contributed by atoms with Crippen LogP contribution in [-0.2, 0) is 19.6 Å². The van der Waals surface area contributed by atoms with Crippen molar-refractivity contribution < 1.29 is 40.7 Å². The molecule has 1 aromatic rings. The van der Waals surface area contributed by atoms with Crippen molar-refractivity contribution in [2.24, 2.45) is 5.14 Å². The number of primary sulfonamides is 1. The Bertz CT molecular complexity index is 733. The number of hydrogen-bond donors (Lipinski definition) is 2. The van der Waals surface area contributed by atoms with E-state index in [1.807, 2.05) is 0 Å². The van der Waals surface area contributed by atoms with Gasteiger partial charge in [-0.25, -0.2) is 18.4 Å². The van der Waals surface area contributed by atoms with Gasteiger partial charge in [0.1, 0.15) is 17.2 Å². The summed E-state index contributed by atoms with van der Waals surface area (Å²) >= 11 is 0. The molecule has 0 aliphatic carbocycles. The number of halogens is 3. The van der Waals surface area contributed by atoms with Crippen molar-refractivity contribution in [3.8, 4) is 5.75 Å². The summed E-state index contributed by atoms with van der Waals surface area (Å²) in [6.07, 6.45) is -4.60. The normalized spacial score (nSPS) is 11.7. The molecule has 3 N–H and O–H groups in total. The zero-order valence-electron chi connectivity index (χ0n) is 12.2. The highest BCUT2D eigenvalue weighted by atomic mass is 32.2. The minimum atomic E-state index is -4.60. The number of carbonyl (C=O) groups excluding carboxylic acids is 2. The number of hydrogen-bond acceptors (Lipinski definition) is 6. The number of sulfonamides is 1. The zero-order chi connectivity index (χ0) is 18.5. The van der Waals surface area contributed by atoms with Crippen molar-refractivity contribution in [3.63, 3.8) is 0 Å². The first-order chi connectivity index (χ1) is 10.9. The second kappa shape index (κ2) is 7.49. The van der Waals surface area contributed by atoms with Gasteiger partial charge >= 0.3 is 12.1 Å². The Kier molecular flexibility index (Phi) is 6.15. The number of alkyl halides is 3. The van der Waals surface area contributed by atoms with Crippen molar-refractivity contribution in [2.75, 3.05) is 20.3 Å². The minimum absolute atomic E-state index is 0.114. The molecule has 24 heavy (non-hydrogen) atoms. The Morgan fingerprint density at radius 1 is 1.29 bits per heavy atom. The molecule has 0 saturated carbocycles. The van der Waals surface area contributed by atoms with E-state index < -0.39 is 46.1 Å². The first-order valence-electron chi connectivity index (χ1n) is 6.15. The first-order valence-corrected chi connectivity index (χ1v) is 7.70. The lowest BCUT2D eigenvalue weighted by molar-refractivity contribution is -0.140. The number of nitrogens with one attached hydrogen (secondary N) is 1. The number of amides is 1. The van der Waals surface area contributed by atoms with E-state index in [1.54, 1.807) is 0 Å². The average Bonchev–Trinajstić information content (AvgIpc) is 2.48. The Labute approximate surface area is 134 Å². The third kappa shape index (κ3) is 6.04. The summed E-state index contributed by atoms with van der Waals surface area (Å²) in [6.45, 7) is -2.53. The van der Waals surface area contributed by atoms with Gasteiger partial charge in [0.25, 0.3) is 5.91 Å². The summed E-state index contributed by atoms with van der Waals surface area (Å²) < 4.78 is 67.8. The highest BCUT2D eigenvalue weighted by Crippen LogP contribution is 2.24. The summed E-state index contributed by atoms with van der Waals surface area (Å²) in [5.74, 6) is -2.40. The van der Waals surface area contributed by atoms with Crippen LogP contribution in [0, 0.1) is 0 Å². The fraction of sp³-hybridized carbons (Fsp3) is 0.333. The largest absolute Gasteiger partial charge is 0.495 e. The fourth-order valence-electron chi connectivity index (χ4n) is 1.49. The number of benzene rings is 1. The van der Waals surface area contributed by atoms with Crippen LogP contribution >= 0.6 is 0 Å². The third-order valence-electron chi connectivity index (χ3n) is 2.53. The molecule has 8 nitrogen and oxygen atoms in total. The minimum Gasteiger partial charge on any atom is -0.495 e. The monoisotopic (exact) mass is 370 g/mol. The van der Waals surface area contributed by atoms with Crippen LogP contribution in [0.15, 0.2) is 23.1 Å². The molecule has 0 aliphatic heterocycles. The predicted molar refractivity (Wildman–Crippen MR) is 73.7 cm³/mol. The summed E-state index contributed by atoms with van der Waals surface area (Å²) in [6, 6.07) is 3.15.